The Bertz CT molecular complexity index is 1310. The van der Waals surface area contributed by atoms with Crippen molar-refractivity contribution in [3.05, 3.63) is 59.7 Å². The van der Waals surface area contributed by atoms with Gasteiger partial charge < -0.3 is 29.7 Å². The first-order valence-electron chi connectivity index (χ1n) is 14.4. The zero-order valence-electron chi connectivity index (χ0n) is 23.8. The molecule has 3 aliphatic heterocycles. The summed E-state index contributed by atoms with van der Waals surface area (Å²) in [5.41, 5.74) is 1.09. The average Bonchev–Trinajstić information content (AvgIpc) is 2.96. The molecular weight excluding hydrogens is 569 g/mol. The monoisotopic (exact) mass is 604 g/mol. The fourth-order valence-corrected chi connectivity index (χ4v) is 5.84. The fourth-order valence-electron chi connectivity index (χ4n) is 5.84. The molecule has 2 bridgehead atoms. The first-order chi connectivity index (χ1) is 20.6. The highest BCUT2D eigenvalue weighted by Gasteiger charge is 2.39. The second-order valence-corrected chi connectivity index (χ2v) is 11.0. The predicted octanol–water partition coefficient (Wildman–Crippen LogP) is 2.86. The van der Waals surface area contributed by atoms with Crippen LogP contribution in [0.1, 0.15) is 42.1 Å². The largest absolute Gasteiger partial charge is 0.573 e. The van der Waals surface area contributed by atoms with E-state index in [9.17, 15) is 27.6 Å². The number of carbonyl (C=O) groups is 3. The van der Waals surface area contributed by atoms with E-state index in [1.54, 1.807) is 36.4 Å². The summed E-state index contributed by atoms with van der Waals surface area (Å²) in [6.45, 7) is 3.17. The Morgan fingerprint density at radius 2 is 1.84 bits per heavy atom. The standard InChI is InChI=1S/C30H35F3N4O6/c1-19(38)35-24-11-10-21-12-15-41-26-5-3-2-4-23(26)29(40)37-14-13-36(18-25(37)28(39)34-16-27(24)42-21)17-20-6-8-22(9-7-20)43-30(31,32)33/h2-9,21,24-25,27H,10-18H2,1H3,(H,34,39)(H,35,38)/t21-,24+,25-,27+/m0/s1. The highest BCUT2D eigenvalue weighted by atomic mass is 19.4. The van der Waals surface area contributed by atoms with Gasteiger partial charge in [0.1, 0.15) is 17.5 Å². The third-order valence-corrected chi connectivity index (χ3v) is 7.89. The van der Waals surface area contributed by atoms with Crippen molar-refractivity contribution in [2.45, 2.75) is 63.4 Å². The van der Waals surface area contributed by atoms with E-state index >= 15 is 0 Å². The highest BCUT2D eigenvalue weighted by molar-refractivity contribution is 6.00. The first-order valence-corrected chi connectivity index (χ1v) is 14.4. The molecular formula is C30H35F3N4O6. The summed E-state index contributed by atoms with van der Waals surface area (Å²) in [5.74, 6) is -0.766. The van der Waals surface area contributed by atoms with E-state index in [0.717, 1.165) is 5.56 Å². The molecule has 2 saturated heterocycles. The van der Waals surface area contributed by atoms with E-state index in [1.165, 1.54) is 24.0 Å². The minimum absolute atomic E-state index is 0.132. The van der Waals surface area contributed by atoms with Crippen molar-refractivity contribution in [2.75, 3.05) is 32.8 Å². The lowest BCUT2D eigenvalue weighted by atomic mass is 9.96. The van der Waals surface area contributed by atoms with E-state index < -0.39 is 18.5 Å². The number of carbonyl (C=O) groups excluding carboxylic acids is 3. The van der Waals surface area contributed by atoms with Gasteiger partial charge in [0.05, 0.1) is 30.4 Å². The molecule has 10 nitrogen and oxygen atoms in total. The van der Waals surface area contributed by atoms with Crippen molar-refractivity contribution in [1.82, 2.24) is 20.4 Å². The molecule has 5 rings (SSSR count). The van der Waals surface area contributed by atoms with E-state index in [-0.39, 0.29) is 55.3 Å². The normalized spacial score (nSPS) is 25.3. The van der Waals surface area contributed by atoms with Crippen molar-refractivity contribution in [3.8, 4) is 11.5 Å². The van der Waals surface area contributed by atoms with Gasteiger partial charge >= 0.3 is 6.36 Å². The molecule has 13 heteroatoms. The fraction of sp³-hybridized carbons (Fsp3) is 0.500. The lowest BCUT2D eigenvalue weighted by Crippen LogP contribution is -2.61. The number of hydrogen-bond donors (Lipinski definition) is 2. The van der Waals surface area contributed by atoms with E-state index in [4.69, 9.17) is 9.47 Å². The van der Waals surface area contributed by atoms with Crippen LogP contribution < -0.4 is 20.1 Å². The van der Waals surface area contributed by atoms with Crippen LogP contribution in [-0.4, -0.2) is 91.0 Å². The van der Waals surface area contributed by atoms with Gasteiger partial charge in [-0.1, -0.05) is 24.3 Å². The maximum atomic E-state index is 13.8. The molecule has 0 spiro atoms. The van der Waals surface area contributed by atoms with Gasteiger partial charge in [-0.15, -0.1) is 13.2 Å². The lowest BCUT2D eigenvalue weighted by Gasteiger charge is -2.42. The summed E-state index contributed by atoms with van der Waals surface area (Å²) in [4.78, 5) is 42.9. The molecule has 0 saturated carbocycles. The zero-order valence-corrected chi connectivity index (χ0v) is 23.8. The quantitative estimate of drug-likeness (QED) is 0.553. The summed E-state index contributed by atoms with van der Waals surface area (Å²) < 4.78 is 54.0. The Morgan fingerprint density at radius 1 is 1.07 bits per heavy atom. The van der Waals surface area contributed by atoms with Crippen LogP contribution in [0.4, 0.5) is 13.2 Å². The summed E-state index contributed by atoms with van der Waals surface area (Å²) in [7, 11) is 0. The van der Waals surface area contributed by atoms with Crippen LogP contribution in [0, 0.1) is 0 Å². The minimum Gasteiger partial charge on any atom is -0.493 e. The Labute approximate surface area is 247 Å². The number of benzene rings is 2. The van der Waals surface area contributed by atoms with Gasteiger partial charge in [-0.3, -0.25) is 19.3 Å². The molecule has 2 fully saturated rings. The molecule has 232 valence electrons. The number of nitrogens with one attached hydrogen (secondary N) is 2. The summed E-state index contributed by atoms with van der Waals surface area (Å²) >= 11 is 0. The number of nitrogens with zero attached hydrogens (tertiary/aromatic N) is 2. The lowest BCUT2D eigenvalue weighted by molar-refractivity contribution is -0.274. The van der Waals surface area contributed by atoms with Crippen LogP contribution in [0.3, 0.4) is 0 Å². The summed E-state index contributed by atoms with van der Waals surface area (Å²) in [6, 6.07) is 11.4. The van der Waals surface area contributed by atoms with Gasteiger partial charge in [0.15, 0.2) is 0 Å². The zero-order chi connectivity index (χ0) is 30.6. The number of fused-ring (bicyclic) bond motifs is 4. The van der Waals surface area contributed by atoms with Gasteiger partial charge in [0.25, 0.3) is 5.91 Å². The van der Waals surface area contributed by atoms with E-state index in [0.29, 0.717) is 50.3 Å². The van der Waals surface area contributed by atoms with Crippen molar-refractivity contribution in [2.24, 2.45) is 0 Å². The molecule has 0 radical (unpaired) electrons. The second-order valence-electron chi connectivity index (χ2n) is 11.0. The van der Waals surface area contributed by atoms with Gasteiger partial charge in [0.2, 0.25) is 11.8 Å². The van der Waals surface area contributed by atoms with Crippen LogP contribution in [-0.2, 0) is 20.9 Å². The number of ether oxygens (including phenoxy) is 3. The Hall–Kier alpha value is -3.84. The topological polar surface area (TPSA) is 109 Å². The predicted molar refractivity (Wildman–Crippen MR) is 148 cm³/mol. The maximum absolute atomic E-state index is 13.8. The van der Waals surface area contributed by atoms with Crippen molar-refractivity contribution < 1.29 is 41.8 Å². The third kappa shape index (κ3) is 7.96. The SMILES string of the molecule is CC(=O)N[C@@H]1CC[C@H]2CCOc3ccccc3C(=O)N3CCN(Cc4ccc(OC(F)(F)F)cc4)C[C@H]3C(=O)NC[C@H]1O2. The van der Waals surface area contributed by atoms with Crippen molar-refractivity contribution in [3.63, 3.8) is 0 Å². The van der Waals surface area contributed by atoms with Crippen LogP contribution in [0.25, 0.3) is 0 Å². The van der Waals surface area contributed by atoms with Gasteiger partial charge in [-0.05, 0) is 42.7 Å². The van der Waals surface area contributed by atoms with E-state index in [2.05, 4.69) is 15.4 Å². The Morgan fingerprint density at radius 3 is 2.58 bits per heavy atom. The summed E-state index contributed by atoms with van der Waals surface area (Å²) in [5, 5.41) is 5.89. The molecule has 2 N–H and O–H groups in total. The number of hydrogen-bond acceptors (Lipinski definition) is 7. The molecule has 43 heavy (non-hydrogen) atoms. The molecule has 0 unspecified atom stereocenters. The molecule has 2 aromatic carbocycles. The smallest absolute Gasteiger partial charge is 0.493 e. The van der Waals surface area contributed by atoms with Crippen molar-refractivity contribution in [1.29, 1.82) is 0 Å². The number of piperazine rings is 1. The number of alkyl halides is 3. The molecule has 0 aliphatic carbocycles. The molecule has 3 aliphatic rings. The number of amides is 3. The first kappa shape index (κ1) is 30.6. The highest BCUT2D eigenvalue weighted by Crippen LogP contribution is 2.27. The van der Waals surface area contributed by atoms with E-state index in [1.807, 2.05) is 4.90 Å². The van der Waals surface area contributed by atoms with Crippen LogP contribution in [0.15, 0.2) is 48.5 Å². The minimum atomic E-state index is -4.78. The average molecular weight is 605 g/mol. The molecule has 3 amide bonds. The summed E-state index contributed by atoms with van der Waals surface area (Å²) in [6.07, 6.45) is -3.37. The Balaban J connectivity index is 1.36. The third-order valence-electron chi connectivity index (χ3n) is 7.89. The maximum Gasteiger partial charge on any atom is 0.573 e. The second kappa shape index (κ2) is 13.2. The van der Waals surface area contributed by atoms with Crippen molar-refractivity contribution >= 4 is 17.7 Å². The van der Waals surface area contributed by atoms with Crippen LogP contribution in [0.5, 0.6) is 11.5 Å². The molecule has 3 heterocycles. The molecule has 0 aromatic heterocycles. The molecule has 4 atom stereocenters. The molecule has 2 aromatic rings. The van der Waals surface area contributed by atoms with Crippen LogP contribution in [0.2, 0.25) is 0 Å². The van der Waals surface area contributed by atoms with Gasteiger partial charge in [0, 0.05) is 46.1 Å². The van der Waals surface area contributed by atoms with Crippen LogP contribution >= 0.6 is 0 Å². The number of halogens is 3. The van der Waals surface area contributed by atoms with Gasteiger partial charge in [-0.25, -0.2) is 0 Å². The number of rotatable bonds is 4. The number of para-hydroxylation sites is 1. The Kier molecular flexibility index (Phi) is 9.40. The van der Waals surface area contributed by atoms with Gasteiger partial charge in [-0.2, -0.15) is 0 Å².